The van der Waals surface area contributed by atoms with Crippen LogP contribution in [0.2, 0.25) is 0 Å². The summed E-state index contributed by atoms with van der Waals surface area (Å²) in [6.45, 7) is 0. The molecule has 0 atom stereocenters. The van der Waals surface area contributed by atoms with Crippen molar-refractivity contribution in [2.24, 2.45) is 0 Å². The van der Waals surface area contributed by atoms with Gasteiger partial charge in [-0.25, -0.2) is 0 Å². The molecule has 0 N–H and O–H groups in total. The average molecular weight is 819 g/mol. The zero-order chi connectivity index (χ0) is 42.1. The number of hydrogen-bond donors (Lipinski definition) is 0. The van der Waals surface area contributed by atoms with Gasteiger partial charge in [0.05, 0.1) is 22.1 Å². The fraction of sp³-hybridized carbons (Fsp3) is 0. The SMILES string of the molecule is c1ccc(-c2ccc3c(c2)oc2cc(N(c4ccc5c(c4)c4ccccc4n5-c4ccccc4)c4ccc(-c5ccccc5)c5oc6cc(-c7ccccc7)ccc6c45)ccc23)cc1. The van der Waals surface area contributed by atoms with Gasteiger partial charge >= 0.3 is 0 Å². The summed E-state index contributed by atoms with van der Waals surface area (Å²) in [5.74, 6) is 0. The molecule has 0 radical (unpaired) electrons. The summed E-state index contributed by atoms with van der Waals surface area (Å²) in [6.07, 6.45) is 0. The highest BCUT2D eigenvalue weighted by molar-refractivity contribution is 6.19. The predicted molar refractivity (Wildman–Crippen MR) is 266 cm³/mol. The van der Waals surface area contributed by atoms with Crippen molar-refractivity contribution in [1.29, 1.82) is 0 Å². The summed E-state index contributed by atoms with van der Waals surface area (Å²) < 4.78 is 16.2. The van der Waals surface area contributed by atoms with Crippen LogP contribution >= 0.6 is 0 Å². The van der Waals surface area contributed by atoms with Crippen LogP contribution in [0.5, 0.6) is 0 Å². The van der Waals surface area contributed by atoms with E-state index < -0.39 is 0 Å². The smallest absolute Gasteiger partial charge is 0.145 e. The Morgan fingerprint density at radius 2 is 0.859 bits per heavy atom. The fourth-order valence-electron chi connectivity index (χ4n) is 9.80. The van der Waals surface area contributed by atoms with Crippen LogP contribution in [0.4, 0.5) is 17.1 Å². The van der Waals surface area contributed by atoms with Crippen molar-refractivity contribution in [3.63, 3.8) is 0 Å². The van der Waals surface area contributed by atoms with Crippen molar-refractivity contribution >= 4 is 82.7 Å². The number of aromatic nitrogens is 1. The van der Waals surface area contributed by atoms with Crippen LogP contribution in [0.25, 0.3) is 105 Å². The van der Waals surface area contributed by atoms with Gasteiger partial charge in [-0.05, 0) is 113 Å². The summed E-state index contributed by atoms with van der Waals surface area (Å²) in [5, 5.41) is 6.62. The van der Waals surface area contributed by atoms with E-state index in [-0.39, 0.29) is 0 Å². The van der Waals surface area contributed by atoms with Crippen LogP contribution in [-0.2, 0) is 0 Å². The topological polar surface area (TPSA) is 34.5 Å². The Morgan fingerprint density at radius 1 is 0.328 bits per heavy atom. The van der Waals surface area contributed by atoms with Crippen molar-refractivity contribution in [3.05, 3.63) is 231 Å². The van der Waals surface area contributed by atoms with Gasteiger partial charge in [0.15, 0.2) is 0 Å². The van der Waals surface area contributed by atoms with E-state index in [4.69, 9.17) is 8.83 Å². The zero-order valence-corrected chi connectivity index (χ0v) is 34.7. The summed E-state index contributed by atoms with van der Waals surface area (Å²) in [6, 6.07) is 82.0. The lowest BCUT2D eigenvalue weighted by atomic mass is 9.98. The van der Waals surface area contributed by atoms with Crippen LogP contribution in [0.15, 0.2) is 239 Å². The molecule has 0 amide bonds. The largest absolute Gasteiger partial charge is 0.456 e. The highest BCUT2D eigenvalue weighted by Crippen LogP contribution is 2.48. The molecule has 13 rings (SSSR count). The summed E-state index contributed by atoms with van der Waals surface area (Å²) in [7, 11) is 0. The Bertz CT molecular complexity index is 3880. The van der Waals surface area contributed by atoms with Crippen LogP contribution in [0, 0.1) is 0 Å². The fourth-order valence-corrected chi connectivity index (χ4v) is 9.80. The van der Waals surface area contributed by atoms with Crippen molar-refractivity contribution in [2.45, 2.75) is 0 Å². The molecule has 300 valence electrons. The van der Waals surface area contributed by atoms with E-state index in [0.29, 0.717) is 0 Å². The first-order chi connectivity index (χ1) is 31.7. The summed E-state index contributed by atoms with van der Waals surface area (Å²) in [4.78, 5) is 2.38. The minimum atomic E-state index is 0.825. The number of nitrogens with zero attached hydrogens (tertiary/aromatic N) is 2. The maximum Gasteiger partial charge on any atom is 0.145 e. The lowest BCUT2D eigenvalue weighted by molar-refractivity contribution is 0.669. The second-order valence-electron chi connectivity index (χ2n) is 16.5. The van der Waals surface area contributed by atoms with Gasteiger partial charge in [0.2, 0.25) is 0 Å². The van der Waals surface area contributed by atoms with Gasteiger partial charge in [-0.3, -0.25) is 0 Å². The molecule has 4 nitrogen and oxygen atoms in total. The predicted octanol–water partition coefficient (Wildman–Crippen LogP) is 17.1. The van der Waals surface area contributed by atoms with Crippen molar-refractivity contribution in [3.8, 4) is 39.1 Å². The molecule has 64 heavy (non-hydrogen) atoms. The molecule has 3 heterocycles. The minimum absolute atomic E-state index is 0.825. The molecule has 13 aromatic rings. The summed E-state index contributed by atoms with van der Waals surface area (Å²) >= 11 is 0. The van der Waals surface area contributed by atoms with Gasteiger partial charge in [0.25, 0.3) is 0 Å². The first-order valence-corrected chi connectivity index (χ1v) is 21.7. The second kappa shape index (κ2) is 14.5. The van der Waals surface area contributed by atoms with Gasteiger partial charge < -0.3 is 18.3 Å². The third-order valence-corrected chi connectivity index (χ3v) is 12.8. The molecule has 0 spiro atoms. The Labute approximate surface area is 369 Å². The number of hydrogen-bond acceptors (Lipinski definition) is 3. The van der Waals surface area contributed by atoms with E-state index in [1.54, 1.807) is 0 Å². The Morgan fingerprint density at radius 3 is 1.56 bits per heavy atom. The van der Waals surface area contributed by atoms with Crippen molar-refractivity contribution in [2.75, 3.05) is 4.90 Å². The second-order valence-corrected chi connectivity index (χ2v) is 16.5. The molecule has 10 aromatic carbocycles. The number of para-hydroxylation sites is 2. The maximum absolute atomic E-state index is 7.05. The molecule has 0 bridgehead atoms. The molecule has 0 saturated carbocycles. The third kappa shape index (κ3) is 5.77. The molecule has 0 aliphatic carbocycles. The normalized spacial score (nSPS) is 11.8. The molecule has 0 aliphatic rings. The molecular weight excluding hydrogens is 781 g/mol. The first kappa shape index (κ1) is 36.1. The van der Waals surface area contributed by atoms with Gasteiger partial charge in [-0.15, -0.1) is 0 Å². The Hall–Kier alpha value is -8.60. The molecule has 0 fully saturated rings. The zero-order valence-electron chi connectivity index (χ0n) is 34.7. The third-order valence-electron chi connectivity index (χ3n) is 12.8. The van der Waals surface area contributed by atoms with Gasteiger partial charge in [0.1, 0.15) is 22.3 Å². The number of fused-ring (bicyclic) bond motifs is 9. The van der Waals surface area contributed by atoms with Gasteiger partial charge in [-0.2, -0.15) is 0 Å². The number of rotatable bonds is 7. The van der Waals surface area contributed by atoms with Crippen LogP contribution in [0.3, 0.4) is 0 Å². The van der Waals surface area contributed by atoms with Gasteiger partial charge in [-0.1, -0.05) is 140 Å². The van der Waals surface area contributed by atoms with Crippen molar-refractivity contribution in [1.82, 2.24) is 4.57 Å². The average Bonchev–Trinajstić information content (AvgIpc) is 4.04. The molecule has 3 aromatic heterocycles. The number of furan rings is 2. The van der Waals surface area contributed by atoms with E-state index >= 15 is 0 Å². The van der Waals surface area contributed by atoms with E-state index in [9.17, 15) is 0 Å². The monoisotopic (exact) mass is 818 g/mol. The highest BCUT2D eigenvalue weighted by Gasteiger charge is 2.25. The quantitative estimate of drug-likeness (QED) is 0.161. The van der Waals surface area contributed by atoms with E-state index in [2.05, 4.69) is 234 Å². The van der Waals surface area contributed by atoms with Crippen LogP contribution < -0.4 is 4.90 Å². The first-order valence-electron chi connectivity index (χ1n) is 21.7. The summed E-state index contributed by atoms with van der Waals surface area (Å²) in [5.41, 5.74) is 16.5. The molecule has 0 aliphatic heterocycles. The Kier molecular flexibility index (Phi) is 8.18. The molecule has 0 unspecified atom stereocenters. The standard InChI is InChI=1S/C60H38N2O2/c1-5-15-39(16-6-1)42-25-29-49-50-31-27-46(38-58(50)63-56(49)35-42)61(45-28-33-54-52(37-45)48-23-13-14-24-53(48)62(54)44-21-11-4-12-22-44)55-34-32-47(41-19-9-3-10-20-41)60-59(55)51-30-26-43(36-57(51)64-60)40-17-7-2-8-18-40/h1-38H. The lowest BCUT2D eigenvalue weighted by Crippen LogP contribution is -2.10. The number of benzene rings is 10. The highest BCUT2D eigenvalue weighted by atomic mass is 16.3. The van der Waals surface area contributed by atoms with Crippen LogP contribution in [0.1, 0.15) is 0 Å². The minimum Gasteiger partial charge on any atom is -0.456 e. The maximum atomic E-state index is 7.05. The van der Waals surface area contributed by atoms with E-state index in [0.717, 1.165) is 111 Å². The number of anilines is 3. The van der Waals surface area contributed by atoms with E-state index in [1.165, 1.54) is 10.8 Å². The van der Waals surface area contributed by atoms with Crippen molar-refractivity contribution < 1.29 is 8.83 Å². The van der Waals surface area contributed by atoms with E-state index in [1.807, 2.05) is 6.07 Å². The van der Waals surface area contributed by atoms with Crippen LogP contribution in [-0.4, -0.2) is 4.57 Å². The molecular formula is C60H38N2O2. The van der Waals surface area contributed by atoms with Gasteiger partial charge in [0, 0.05) is 55.6 Å². The molecule has 4 heteroatoms. The molecule has 0 saturated heterocycles. The Balaban J connectivity index is 1.08. The lowest BCUT2D eigenvalue weighted by Gasteiger charge is -2.27.